The van der Waals surface area contributed by atoms with E-state index in [-0.39, 0.29) is 0 Å². The Hall–Kier alpha value is -2.67. The first kappa shape index (κ1) is 18.7. The van der Waals surface area contributed by atoms with Crippen LogP contribution in [0, 0.1) is 5.92 Å². The molecule has 1 heterocycles. The molecule has 0 saturated carbocycles. The molecule has 7 heteroatoms. The SMILES string of the molecule is COc1ccc2c(c1)[C@@H]1CN(C)C[C@@H]1CC2=O.O=C(O)/C=C/C(=O)O. The molecule has 0 aromatic heterocycles. The van der Waals surface area contributed by atoms with Crippen molar-refractivity contribution in [2.24, 2.45) is 5.92 Å². The first-order valence-electron chi connectivity index (χ1n) is 7.85. The molecule has 0 unspecified atom stereocenters. The van der Waals surface area contributed by atoms with Gasteiger partial charge in [0.15, 0.2) is 5.78 Å². The number of benzene rings is 1. The quantitative estimate of drug-likeness (QED) is 0.801. The smallest absolute Gasteiger partial charge is 0.328 e. The Balaban J connectivity index is 0.000000242. The Morgan fingerprint density at radius 1 is 1.20 bits per heavy atom. The number of ketones is 1. The lowest BCUT2D eigenvalue weighted by Gasteiger charge is -2.26. The molecule has 1 aliphatic heterocycles. The molecule has 1 aromatic rings. The summed E-state index contributed by atoms with van der Waals surface area (Å²) in [7, 11) is 3.80. The number of rotatable bonds is 3. The average Bonchev–Trinajstić information content (AvgIpc) is 2.93. The van der Waals surface area contributed by atoms with Gasteiger partial charge < -0.3 is 19.8 Å². The van der Waals surface area contributed by atoms with E-state index in [1.54, 1.807) is 7.11 Å². The van der Waals surface area contributed by atoms with Crippen LogP contribution in [-0.4, -0.2) is 60.1 Å². The number of aliphatic carboxylic acids is 2. The number of carbonyl (C=O) groups is 3. The minimum absolute atomic E-state index is 0.291. The van der Waals surface area contributed by atoms with Crippen LogP contribution in [0.3, 0.4) is 0 Å². The van der Waals surface area contributed by atoms with Crippen LogP contribution in [0.4, 0.5) is 0 Å². The standard InChI is InChI=1S/C14H17NO2.C4H4O4/c1-15-7-9-5-14(16)11-4-3-10(17-2)6-12(11)13(9)8-15;5-3(6)1-2-4(7)8/h3-4,6,9,13H,5,7-8H2,1-2H3;1-2H,(H,5,6)(H,7,8)/b;2-1+/t9-,13+;/m0./s1. The molecule has 7 nitrogen and oxygen atoms in total. The summed E-state index contributed by atoms with van der Waals surface area (Å²) in [4.78, 5) is 33.5. The van der Waals surface area contributed by atoms with Crippen molar-refractivity contribution in [1.82, 2.24) is 4.90 Å². The molecular formula is C18H21NO6. The maximum atomic E-state index is 12.1. The normalized spacial score (nSPS) is 21.9. The Kier molecular flexibility index (Phi) is 5.93. The lowest BCUT2D eigenvalue weighted by molar-refractivity contribution is -0.134. The van der Waals surface area contributed by atoms with E-state index in [4.69, 9.17) is 14.9 Å². The summed E-state index contributed by atoms with van der Waals surface area (Å²) in [5.41, 5.74) is 2.09. The number of nitrogens with zero attached hydrogens (tertiary/aromatic N) is 1. The lowest BCUT2D eigenvalue weighted by atomic mass is 9.76. The van der Waals surface area contributed by atoms with E-state index >= 15 is 0 Å². The summed E-state index contributed by atoms with van der Waals surface area (Å²) in [6, 6.07) is 5.85. The van der Waals surface area contributed by atoms with E-state index in [1.807, 2.05) is 18.2 Å². The van der Waals surface area contributed by atoms with Crippen LogP contribution in [0.2, 0.25) is 0 Å². The van der Waals surface area contributed by atoms with Crippen LogP contribution in [-0.2, 0) is 9.59 Å². The van der Waals surface area contributed by atoms with Crippen LogP contribution in [0.1, 0.15) is 28.3 Å². The van der Waals surface area contributed by atoms with Gasteiger partial charge in [0.2, 0.25) is 0 Å². The van der Waals surface area contributed by atoms with Gasteiger partial charge in [0, 0.05) is 43.1 Å². The van der Waals surface area contributed by atoms with Gasteiger partial charge >= 0.3 is 11.9 Å². The molecule has 1 saturated heterocycles. The van der Waals surface area contributed by atoms with Crippen LogP contribution < -0.4 is 4.74 Å². The molecule has 1 fully saturated rings. The average molecular weight is 347 g/mol. The summed E-state index contributed by atoms with van der Waals surface area (Å²) < 4.78 is 5.27. The fourth-order valence-electron chi connectivity index (χ4n) is 3.37. The maximum absolute atomic E-state index is 12.1. The molecule has 25 heavy (non-hydrogen) atoms. The Labute approximate surface area is 145 Å². The predicted octanol–water partition coefficient (Wildman–Crippen LogP) is 1.64. The van der Waals surface area contributed by atoms with Crippen molar-refractivity contribution in [3.63, 3.8) is 0 Å². The van der Waals surface area contributed by atoms with Crippen molar-refractivity contribution in [2.75, 3.05) is 27.2 Å². The second-order valence-electron chi connectivity index (χ2n) is 6.18. The summed E-state index contributed by atoms with van der Waals surface area (Å²) in [5, 5.41) is 15.6. The molecular weight excluding hydrogens is 326 g/mol. The molecule has 2 atom stereocenters. The largest absolute Gasteiger partial charge is 0.497 e. The van der Waals surface area contributed by atoms with Crippen molar-refractivity contribution < 1.29 is 29.3 Å². The number of fused-ring (bicyclic) bond motifs is 3. The molecule has 0 spiro atoms. The van der Waals surface area contributed by atoms with Gasteiger partial charge in [-0.25, -0.2) is 9.59 Å². The number of hydrogen-bond donors (Lipinski definition) is 2. The summed E-state index contributed by atoms with van der Waals surface area (Å²) >= 11 is 0. The van der Waals surface area contributed by atoms with Gasteiger partial charge in [-0.05, 0) is 36.7 Å². The third-order valence-corrected chi connectivity index (χ3v) is 4.40. The number of methoxy groups -OCH3 is 1. The zero-order valence-electron chi connectivity index (χ0n) is 14.1. The van der Waals surface area contributed by atoms with Gasteiger partial charge in [-0.3, -0.25) is 4.79 Å². The third-order valence-electron chi connectivity index (χ3n) is 4.40. The Morgan fingerprint density at radius 2 is 1.84 bits per heavy atom. The number of carboxylic acid groups (broad SMARTS) is 2. The number of carbonyl (C=O) groups excluding carboxylic acids is 1. The zero-order valence-corrected chi connectivity index (χ0v) is 14.1. The fraction of sp³-hybridized carbons (Fsp3) is 0.389. The fourth-order valence-corrected chi connectivity index (χ4v) is 3.37. The van der Waals surface area contributed by atoms with Gasteiger partial charge in [0.1, 0.15) is 5.75 Å². The van der Waals surface area contributed by atoms with Gasteiger partial charge in [0.25, 0.3) is 0 Å². The summed E-state index contributed by atoms with van der Waals surface area (Å²) in [5.74, 6) is -0.374. The van der Waals surface area contributed by atoms with Crippen molar-refractivity contribution in [1.29, 1.82) is 0 Å². The highest BCUT2D eigenvalue weighted by Gasteiger charge is 2.39. The minimum Gasteiger partial charge on any atom is -0.497 e. The second kappa shape index (κ2) is 7.94. The minimum atomic E-state index is -1.26. The Bertz CT molecular complexity index is 696. The first-order valence-corrected chi connectivity index (χ1v) is 7.85. The highest BCUT2D eigenvalue weighted by molar-refractivity contribution is 5.99. The van der Waals surface area contributed by atoms with Crippen molar-refractivity contribution in [2.45, 2.75) is 12.3 Å². The lowest BCUT2D eigenvalue weighted by Crippen LogP contribution is -2.23. The van der Waals surface area contributed by atoms with E-state index in [9.17, 15) is 14.4 Å². The third kappa shape index (κ3) is 4.67. The van der Waals surface area contributed by atoms with Gasteiger partial charge in [-0.2, -0.15) is 0 Å². The van der Waals surface area contributed by atoms with E-state index in [1.165, 1.54) is 5.56 Å². The highest BCUT2D eigenvalue weighted by Crippen LogP contribution is 2.41. The van der Waals surface area contributed by atoms with Crippen molar-refractivity contribution >= 4 is 17.7 Å². The second-order valence-corrected chi connectivity index (χ2v) is 6.18. The Morgan fingerprint density at radius 3 is 2.40 bits per heavy atom. The van der Waals surface area contributed by atoms with E-state index in [0.717, 1.165) is 24.4 Å². The van der Waals surface area contributed by atoms with Gasteiger partial charge in [-0.1, -0.05) is 0 Å². The maximum Gasteiger partial charge on any atom is 0.328 e. The topological polar surface area (TPSA) is 104 Å². The number of carboxylic acids is 2. The zero-order chi connectivity index (χ0) is 18.6. The monoisotopic (exact) mass is 347 g/mol. The number of likely N-dealkylation sites (tertiary alicyclic amines) is 1. The number of likely N-dealkylation sites (N-methyl/N-ethyl adjacent to an activating group) is 1. The van der Waals surface area contributed by atoms with Crippen LogP contribution >= 0.6 is 0 Å². The summed E-state index contributed by atoms with van der Waals surface area (Å²) in [6.07, 6.45) is 1.82. The molecule has 1 aromatic carbocycles. The van der Waals surface area contributed by atoms with E-state index in [2.05, 4.69) is 11.9 Å². The highest BCUT2D eigenvalue weighted by atomic mass is 16.5. The first-order chi connectivity index (χ1) is 11.8. The molecule has 2 N–H and O–H groups in total. The molecule has 0 radical (unpaired) electrons. The molecule has 134 valence electrons. The number of hydrogen-bond acceptors (Lipinski definition) is 5. The number of Topliss-reactive ketones (excluding diaryl/α,β-unsaturated/α-hetero) is 1. The van der Waals surface area contributed by atoms with E-state index < -0.39 is 11.9 Å². The molecule has 1 aliphatic carbocycles. The van der Waals surface area contributed by atoms with E-state index in [0.29, 0.717) is 36.2 Å². The number of ether oxygens (including phenoxy) is 1. The molecule has 0 amide bonds. The van der Waals surface area contributed by atoms with Crippen molar-refractivity contribution in [3.8, 4) is 5.75 Å². The van der Waals surface area contributed by atoms with Crippen LogP contribution in [0.15, 0.2) is 30.4 Å². The molecule has 0 bridgehead atoms. The molecule has 3 rings (SSSR count). The van der Waals surface area contributed by atoms with Crippen LogP contribution in [0.5, 0.6) is 5.75 Å². The predicted molar refractivity (Wildman–Crippen MR) is 90.1 cm³/mol. The van der Waals surface area contributed by atoms with Gasteiger partial charge in [-0.15, -0.1) is 0 Å². The summed E-state index contributed by atoms with van der Waals surface area (Å²) in [6.45, 7) is 2.09. The van der Waals surface area contributed by atoms with Crippen LogP contribution in [0.25, 0.3) is 0 Å². The van der Waals surface area contributed by atoms with Crippen molar-refractivity contribution in [3.05, 3.63) is 41.5 Å². The molecule has 2 aliphatic rings. The van der Waals surface area contributed by atoms with Gasteiger partial charge in [0.05, 0.1) is 7.11 Å².